The summed E-state index contributed by atoms with van der Waals surface area (Å²) in [6, 6.07) is 26.5. The average Bonchev–Trinajstić information content (AvgIpc) is 3.09. The highest BCUT2D eigenvalue weighted by molar-refractivity contribution is 5.74. The van der Waals surface area contributed by atoms with Crippen LogP contribution >= 0.6 is 0 Å². The molecule has 0 N–H and O–H groups in total. The number of rotatable bonds is 5. The molecule has 3 aromatic carbocycles. The molecule has 1 atom stereocenters. The molecule has 2 saturated heterocycles. The number of likely N-dealkylation sites (tertiary alicyclic amines) is 1. The molecule has 1 unspecified atom stereocenters. The molecule has 5 nitrogen and oxygen atoms in total. The van der Waals surface area contributed by atoms with Crippen molar-refractivity contribution in [1.82, 2.24) is 9.80 Å². The highest BCUT2D eigenvalue weighted by Gasteiger charge is 2.63. The molecule has 5 rings (SSSR count). The molecule has 35 heavy (non-hydrogen) atoms. The van der Waals surface area contributed by atoms with Crippen LogP contribution in [0.15, 0.2) is 78.9 Å². The summed E-state index contributed by atoms with van der Waals surface area (Å²) < 4.78 is 20.5. The van der Waals surface area contributed by atoms with E-state index in [1.54, 1.807) is 17.0 Å². The second-order valence-corrected chi connectivity index (χ2v) is 9.52. The first-order valence-corrected chi connectivity index (χ1v) is 12.0. The Hall–Kier alpha value is -3.69. The van der Waals surface area contributed by atoms with E-state index in [1.807, 2.05) is 60.7 Å². The molecule has 2 aliphatic heterocycles. The highest BCUT2D eigenvalue weighted by Crippen LogP contribution is 2.52. The Bertz CT molecular complexity index is 1260. The molecule has 0 saturated carbocycles. The van der Waals surface area contributed by atoms with E-state index in [0.717, 1.165) is 11.1 Å². The van der Waals surface area contributed by atoms with Crippen molar-refractivity contribution in [3.8, 4) is 6.07 Å². The number of amides is 1. The van der Waals surface area contributed by atoms with Gasteiger partial charge in [-0.25, -0.2) is 9.18 Å². The quantitative estimate of drug-likeness (QED) is 0.488. The van der Waals surface area contributed by atoms with E-state index in [0.29, 0.717) is 43.6 Å². The zero-order valence-electron chi connectivity index (χ0n) is 19.8. The van der Waals surface area contributed by atoms with Crippen LogP contribution in [0, 0.1) is 17.1 Å². The Morgan fingerprint density at radius 3 is 2.23 bits per heavy atom. The van der Waals surface area contributed by atoms with Crippen molar-refractivity contribution < 1.29 is 13.9 Å². The molecular formula is C29H28FN3O2. The van der Waals surface area contributed by atoms with Gasteiger partial charge in [-0.05, 0) is 30.2 Å². The Morgan fingerprint density at radius 1 is 0.914 bits per heavy atom. The van der Waals surface area contributed by atoms with Gasteiger partial charge in [0.25, 0.3) is 0 Å². The van der Waals surface area contributed by atoms with Gasteiger partial charge in [-0.15, -0.1) is 0 Å². The summed E-state index contributed by atoms with van der Waals surface area (Å²) in [4.78, 5) is 17.4. The van der Waals surface area contributed by atoms with Gasteiger partial charge in [0.05, 0.1) is 18.2 Å². The minimum atomic E-state index is -0.724. The van der Waals surface area contributed by atoms with Crippen LogP contribution in [0.25, 0.3) is 0 Å². The predicted octanol–water partition coefficient (Wildman–Crippen LogP) is 5.60. The summed E-state index contributed by atoms with van der Waals surface area (Å²) >= 11 is 0. The van der Waals surface area contributed by atoms with Crippen LogP contribution in [-0.2, 0) is 23.4 Å². The van der Waals surface area contributed by atoms with Gasteiger partial charge in [-0.1, -0.05) is 66.7 Å². The molecule has 2 heterocycles. The lowest BCUT2D eigenvalue weighted by Crippen LogP contribution is -2.58. The maximum Gasteiger partial charge on any atom is 0.411 e. The molecule has 178 valence electrons. The Labute approximate surface area is 205 Å². The van der Waals surface area contributed by atoms with E-state index in [1.165, 1.54) is 6.07 Å². The summed E-state index contributed by atoms with van der Waals surface area (Å²) in [6.45, 7) is 4.26. The van der Waals surface area contributed by atoms with Crippen LogP contribution in [0.4, 0.5) is 9.18 Å². The molecule has 0 bridgehead atoms. The summed E-state index contributed by atoms with van der Waals surface area (Å²) in [5.74, 6) is -0.198. The van der Waals surface area contributed by atoms with Crippen molar-refractivity contribution in [2.45, 2.75) is 44.0 Å². The molecule has 6 heteroatoms. The Balaban J connectivity index is 1.46. The van der Waals surface area contributed by atoms with Crippen molar-refractivity contribution in [2.24, 2.45) is 0 Å². The van der Waals surface area contributed by atoms with E-state index in [2.05, 4.69) is 17.9 Å². The lowest BCUT2D eigenvalue weighted by Gasteiger charge is -2.48. The molecule has 3 aromatic rings. The molecule has 0 radical (unpaired) electrons. The third kappa shape index (κ3) is 3.96. The summed E-state index contributed by atoms with van der Waals surface area (Å²) in [5, 5.41) is 9.60. The van der Waals surface area contributed by atoms with Gasteiger partial charge in [-0.2, -0.15) is 5.26 Å². The number of nitriles is 1. The lowest BCUT2D eigenvalue weighted by atomic mass is 9.70. The highest BCUT2D eigenvalue weighted by atomic mass is 19.1. The van der Waals surface area contributed by atoms with E-state index in [4.69, 9.17) is 4.74 Å². The smallest absolute Gasteiger partial charge is 0.411 e. The van der Waals surface area contributed by atoms with Crippen LogP contribution < -0.4 is 0 Å². The van der Waals surface area contributed by atoms with Crippen molar-refractivity contribution in [3.63, 3.8) is 0 Å². The number of benzene rings is 3. The monoisotopic (exact) mass is 469 g/mol. The summed E-state index contributed by atoms with van der Waals surface area (Å²) in [5.41, 5.74) is 1.58. The van der Waals surface area contributed by atoms with E-state index in [-0.39, 0.29) is 18.5 Å². The normalized spacial score (nSPS) is 21.6. The van der Waals surface area contributed by atoms with Gasteiger partial charge in [0, 0.05) is 38.0 Å². The molecule has 0 aromatic heterocycles. The van der Waals surface area contributed by atoms with Crippen LogP contribution in [0.2, 0.25) is 0 Å². The fourth-order valence-corrected chi connectivity index (χ4v) is 5.62. The fraction of sp³-hybridized carbons (Fsp3) is 0.310. The lowest BCUT2D eigenvalue weighted by molar-refractivity contribution is -0.0615. The van der Waals surface area contributed by atoms with Crippen molar-refractivity contribution >= 4 is 6.09 Å². The average molecular weight is 470 g/mol. The van der Waals surface area contributed by atoms with Gasteiger partial charge in [0.15, 0.2) is 0 Å². The zero-order valence-corrected chi connectivity index (χ0v) is 19.8. The largest absolute Gasteiger partial charge is 0.440 e. The Morgan fingerprint density at radius 2 is 1.54 bits per heavy atom. The first-order valence-electron chi connectivity index (χ1n) is 12.0. The van der Waals surface area contributed by atoms with Crippen LogP contribution in [-0.4, -0.2) is 34.6 Å². The predicted molar refractivity (Wildman–Crippen MR) is 131 cm³/mol. The first kappa shape index (κ1) is 23.1. The number of ether oxygens (including phenoxy) is 1. The third-order valence-electron chi connectivity index (χ3n) is 7.75. The molecule has 2 fully saturated rings. The van der Waals surface area contributed by atoms with E-state index < -0.39 is 11.1 Å². The molecule has 0 aliphatic carbocycles. The molecule has 1 spiro atoms. The number of carbonyl (C=O) groups excluding carboxylic acids is 1. The minimum absolute atomic E-state index is 0.198. The number of piperidine rings is 1. The number of carbonyl (C=O) groups is 1. The van der Waals surface area contributed by atoms with Gasteiger partial charge in [0.2, 0.25) is 0 Å². The molecule has 1 amide bonds. The minimum Gasteiger partial charge on any atom is -0.440 e. The van der Waals surface area contributed by atoms with Crippen LogP contribution in [0.5, 0.6) is 0 Å². The molecule has 2 aliphatic rings. The second kappa shape index (κ2) is 9.16. The SMILES string of the molecule is CC1(c2ccccc2)N(Cc2ccccc2C#N)C(=O)OC12CCN(Cc1ccccc1F)CC2. The summed E-state index contributed by atoms with van der Waals surface area (Å²) in [6.07, 6.45) is 0.899. The van der Waals surface area contributed by atoms with Crippen LogP contribution in [0.3, 0.4) is 0 Å². The standard InChI is InChI=1S/C29H28FN3O2/c1-28(25-12-3-2-4-13-25)29(15-17-32(18-16-29)20-24-11-7-8-14-26(24)30)35-27(34)33(28)21-23-10-6-5-9-22(23)19-31/h2-14H,15-18,20-21H2,1H3. The number of halogens is 1. The maximum atomic E-state index is 14.2. The van der Waals surface area contributed by atoms with Gasteiger partial charge in [0.1, 0.15) is 17.0 Å². The van der Waals surface area contributed by atoms with Gasteiger partial charge < -0.3 is 4.74 Å². The van der Waals surface area contributed by atoms with Crippen molar-refractivity contribution in [2.75, 3.05) is 13.1 Å². The van der Waals surface area contributed by atoms with Crippen molar-refractivity contribution in [3.05, 3.63) is 107 Å². The van der Waals surface area contributed by atoms with Gasteiger partial charge in [-0.3, -0.25) is 9.80 Å². The number of nitrogens with zero attached hydrogens (tertiary/aromatic N) is 3. The third-order valence-corrected chi connectivity index (χ3v) is 7.75. The topological polar surface area (TPSA) is 56.6 Å². The fourth-order valence-electron chi connectivity index (χ4n) is 5.62. The van der Waals surface area contributed by atoms with Crippen LogP contribution in [0.1, 0.15) is 42.0 Å². The van der Waals surface area contributed by atoms with Crippen molar-refractivity contribution in [1.29, 1.82) is 5.26 Å². The number of hydrogen-bond acceptors (Lipinski definition) is 4. The molecular weight excluding hydrogens is 441 g/mol. The van der Waals surface area contributed by atoms with E-state index >= 15 is 0 Å². The first-order chi connectivity index (χ1) is 17.0. The second-order valence-electron chi connectivity index (χ2n) is 9.52. The zero-order chi connectivity index (χ0) is 24.5. The summed E-state index contributed by atoms with van der Waals surface area (Å²) in [7, 11) is 0. The van der Waals surface area contributed by atoms with Gasteiger partial charge >= 0.3 is 6.09 Å². The maximum absolute atomic E-state index is 14.2. The van der Waals surface area contributed by atoms with E-state index in [9.17, 15) is 14.4 Å². The number of hydrogen-bond donors (Lipinski definition) is 0. The Kier molecular flexibility index (Phi) is 6.04.